The van der Waals surface area contributed by atoms with Gasteiger partial charge in [-0.2, -0.15) is 10.4 Å². The molecule has 0 bridgehead atoms. The van der Waals surface area contributed by atoms with Gasteiger partial charge in [0.15, 0.2) is 22.6 Å². The zero-order chi connectivity index (χ0) is 25.4. The number of anilines is 3. The molecule has 0 atom stereocenters. The summed E-state index contributed by atoms with van der Waals surface area (Å²) in [6, 6.07) is 9.05. The second-order valence-electron chi connectivity index (χ2n) is 8.36. The number of benzene rings is 2. The molecule has 0 unspecified atom stereocenters. The van der Waals surface area contributed by atoms with Gasteiger partial charge in [-0.25, -0.2) is 22.8 Å². The third-order valence-corrected chi connectivity index (χ3v) is 7.23. The van der Waals surface area contributed by atoms with Gasteiger partial charge in [0.25, 0.3) is 0 Å². The molecule has 7 nitrogen and oxygen atoms in total. The maximum absolute atomic E-state index is 15.3. The number of nitrogens with one attached hydrogen (secondary N) is 1. The van der Waals surface area contributed by atoms with E-state index in [-0.39, 0.29) is 16.1 Å². The Morgan fingerprint density at radius 1 is 1.08 bits per heavy atom. The van der Waals surface area contributed by atoms with Crippen LogP contribution in [0.15, 0.2) is 30.3 Å². The third-order valence-electron chi connectivity index (χ3n) is 6.25. The Morgan fingerprint density at radius 2 is 1.86 bits per heavy atom. The van der Waals surface area contributed by atoms with Gasteiger partial charge >= 0.3 is 0 Å². The predicted molar refractivity (Wildman–Crippen MR) is 135 cm³/mol. The molecule has 0 radical (unpaired) electrons. The van der Waals surface area contributed by atoms with Gasteiger partial charge < -0.3 is 15.1 Å². The minimum Gasteiger partial charge on any atom is -0.369 e. The van der Waals surface area contributed by atoms with Crippen molar-refractivity contribution in [3.63, 3.8) is 0 Å². The molecule has 5 rings (SSSR count). The maximum atomic E-state index is 15.3. The van der Waals surface area contributed by atoms with Crippen LogP contribution in [-0.4, -0.2) is 47.5 Å². The average Bonchev–Trinajstić information content (AvgIpc) is 3.49. The molecule has 186 valence electrons. The van der Waals surface area contributed by atoms with Crippen molar-refractivity contribution in [2.75, 3.05) is 42.5 Å². The van der Waals surface area contributed by atoms with E-state index < -0.39 is 17.5 Å². The summed E-state index contributed by atoms with van der Waals surface area (Å²) in [7, 11) is 0. The van der Waals surface area contributed by atoms with Crippen molar-refractivity contribution >= 4 is 38.9 Å². The summed E-state index contributed by atoms with van der Waals surface area (Å²) in [6.07, 6.45) is 0. The van der Waals surface area contributed by atoms with Crippen LogP contribution in [0.25, 0.3) is 22.2 Å². The lowest BCUT2D eigenvalue weighted by Gasteiger charge is -2.29. The van der Waals surface area contributed by atoms with Gasteiger partial charge in [-0.05, 0) is 44.2 Å². The van der Waals surface area contributed by atoms with E-state index in [1.54, 1.807) is 4.68 Å². The molecule has 1 aliphatic heterocycles. The summed E-state index contributed by atoms with van der Waals surface area (Å²) >= 11 is 1.14. The van der Waals surface area contributed by atoms with E-state index in [0.29, 0.717) is 35.0 Å². The number of nitrogens with zero attached hydrogens (tertiary/aromatic N) is 6. The van der Waals surface area contributed by atoms with Crippen LogP contribution in [0.3, 0.4) is 0 Å². The van der Waals surface area contributed by atoms with Gasteiger partial charge in [0.1, 0.15) is 28.0 Å². The molecule has 1 N–H and O–H groups in total. The lowest BCUT2D eigenvalue weighted by atomic mass is 10.1. The van der Waals surface area contributed by atoms with Crippen LogP contribution in [0, 0.1) is 28.8 Å². The Labute approximate surface area is 210 Å². The molecule has 1 aliphatic rings. The quantitative estimate of drug-likeness (QED) is 0.391. The molecule has 36 heavy (non-hydrogen) atoms. The van der Waals surface area contributed by atoms with Crippen LogP contribution in [0.2, 0.25) is 0 Å². The fourth-order valence-corrected chi connectivity index (χ4v) is 5.44. The van der Waals surface area contributed by atoms with Gasteiger partial charge in [0.05, 0.1) is 0 Å². The number of thiazole rings is 1. The van der Waals surface area contributed by atoms with Crippen LogP contribution in [0.4, 0.5) is 29.8 Å². The number of piperazine rings is 1. The van der Waals surface area contributed by atoms with Gasteiger partial charge in [-0.1, -0.05) is 11.3 Å². The number of rotatable bonds is 6. The molecule has 0 aliphatic carbocycles. The SMILES string of the molecule is CCN(c1nc(-c2ccc(F)c(F)c2)c(C#N)s1)c1c2cc(N3CCNCC3)cc(F)c2nn1CC. The highest BCUT2D eigenvalue weighted by molar-refractivity contribution is 7.16. The topological polar surface area (TPSA) is 73.0 Å². The van der Waals surface area contributed by atoms with Crippen LogP contribution >= 0.6 is 11.3 Å². The molecular formula is C25H24F3N7S. The van der Waals surface area contributed by atoms with Crippen molar-refractivity contribution in [1.82, 2.24) is 20.1 Å². The fraction of sp³-hybridized carbons (Fsp3) is 0.320. The number of nitriles is 1. The van der Waals surface area contributed by atoms with Crippen LogP contribution in [-0.2, 0) is 6.54 Å². The minimum atomic E-state index is -1.01. The van der Waals surface area contributed by atoms with E-state index in [0.717, 1.165) is 55.3 Å². The highest BCUT2D eigenvalue weighted by Crippen LogP contribution is 2.40. The molecular weight excluding hydrogens is 487 g/mol. The zero-order valence-corrected chi connectivity index (χ0v) is 20.7. The summed E-state index contributed by atoms with van der Waals surface area (Å²) in [6.45, 7) is 8.01. The summed E-state index contributed by atoms with van der Waals surface area (Å²) in [5, 5.41) is 18.7. The number of hydrogen-bond acceptors (Lipinski definition) is 7. The minimum absolute atomic E-state index is 0.266. The molecule has 2 aromatic carbocycles. The van der Waals surface area contributed by atoms with Crippen molar-refractivity contribution in [2.24, 2.45) is 0 Å². The largest absolute Gasteiger partial charge is 0.369 e. The molecule has 2 aromatic heterocycles. The van der Waals surface area contributed by atoms with Crippen molar-refractivity contribution < 1.29 is 13.2 Å². The smallest absolute Gasteiger partial charge is 0.192 e. The first-order valence-electron chi connectivity index (χ1n) is 11.7. The van der Waals surface area contributed by atoms with Gasteiger partial charge in [0, 0.05) is 55.9 Å². The van der Waals surface area contributed by atoms with E-state index >= 15 is 4.39 Å². The molecule has 0 spiro atoms. The molecule has 1 saturated heterocycles. The second-order valence-corrected chi connectivity index (χ2v) is 9.34. The Morgan fingerprint density at radius 3 is 2.53 bits per heavy atom. The molecule has 0 amide bonds. The van der Waals surface area contributed by atoms with Gasteiger partial charge in [-0.3, -0.25) is 0 Å². The highest BCUT2D eigenvalue weighted by Gasteiger charge is 2.26. The second kappa shape index (κ2) is 9.79. The molecule has 1 fully saturated rings. The molecule has 3 heterocycles. The average molecular weight is 512 g/mol. The number of halogens is 3. The van der Waals surface area contributed by atoms with Crippen LogP contribution in [0.1, 0.15) is 18.7 Å². The number of hydrogen-bond donors (Lipinski definition) is 1. The molecule has 0 saturated carbocycles. The van der Waals surface area contributed by atoms with Gasteiger partial charge in [0.2, 0.25) is 0 Å². The summed E-state index contributed by atoms with van der Waals surface area (Å²) < 4.78 is 44.4. The number of aromatic nitrogens is 3. The van der Waals surface area contributed by atoms with E-state index in [1.807, 2.05) is 24.8 Å². The van der Waals surface area contributed by atoms with Crippen LogP contribution < -0.4 is 15.1 Å². The standard InChI is InChI=1S/C25H24F3N7S/c1-3-34(25-31-22(21(14-29)36-25)15-5-6-18(26)19(27)11-15)24-17-12-16(33-9-7-30-8-10-33)13-20(28)23(17)32-35(24)4-2/h5-6,11-13,30H,3-4,7-10H2,1-2H3. The van der Waals surface area contributed by atoms with E-state index in [4.69, 9.17) is 0 Å². The van der Waals surface area contributed by atoms with Crippen molar-refractivity contribution in [3.8, 4) is 17.3 Å². The highest BCUT2D eigenvalue weighted by atomic mass is 32.1. The third kappa shape index (κ3) is 4.16. The summed E-state index contributed by atoms with van der Waals surface area (Å²) in [5.41, 5.74) is 1.63. The summed E-state index contributed by atoms with van der Waals surface area (Å²) in [4.78, 5) is 8.94. The van der Waals surface area contributed by atoms with Crippen LogP contribution in [0.5, 0.6) is 0 Å². The molecule has 11 heteroatoms. The molecule has 4 aromatic rings. The van der Waals surface area contributed by atoms with Crippen molar-refractivity contribution in [3.05, 3.63) is 52.7 Å². The summed E-state index contributed by atoms with van der Waals surface area (Å²) in [5.74, 6) is -1.71. The van der Waals surface area contributed by atoms with Gasteiger partial charge in [-0.15, -0.1) is 0 Å². The predicted octanol–water partition coefficient (Wildman–Crippen LogP) is 5.04. The monoisotopic (exact) mass is 511 g/mol. The number of aryl methyl sites for hydroxylation is 1. The first-order chi connectivity index (χ1) is 17.4. The Hall–Kier alpha value is -3.62. The maximum Gasteiger partial charge on any atom is 0.192 e. The van der Waals surface area contributed by atoms with E-state index in [1.165, 1.54) is 12.1 Å². The van der Waals surface area contributed by atoms with Crippen molar-refractivity contribution in [2.45, 2.75) is 20.4 Å². The Bertz CT molecular complexity index is 1470. The zero-order valence-electron chi connectivity index (χ0n) is 19.9. The van der Waals surface area contributed by atoms with Crippen molar-refractivity contribution in [1.29, 1.82) is 5.26 Å². The fourth-order valence-electron chi connectivity index (χ4n) is 4.49. The Kier molecular flexibility index (Phi) is 6.55. The lowest BCUT2D eigenvalue weighted by Crippen LogP contribution is -2.43. The first-order valence-corrected chi connectivity index (χ1v) is 12.6. The normalized spacial score (nSPS) is 13.8. The number of fused-ring (bicyclic) bond motifs is 1. The van der Waals surface area contributed by atoms with E-state index in [9.17, 15) is 14.0 Å². The Balaban J connectivity index is 1.65. The lowest BCUT2D eigenvalue weighted by molar-refractivity contribution is 0.509. The first kappa shape index (κ1) is 24.1. The van der Waals surface area contributed by atoms with E-state index in [2.05, 4.69) is 26.4 Å².